The van der Waals surface area contributed by atoms with Crippen molar-refractivity contribution in [1.29, 1.82) is 0 Å². The van der Waals surface area contributed by atoms with E-state index in [9.17, 15) is 9.90 Å². The molecular formula is C16H24N2O2. The summed E-state index contributed by atoms with van der Waals surface area (Å²) < 4.78 is 0. The van der Waals surface area contributed by atoms with E-state index in [0.29, 0.717) is 5.41 Å². The number of anilines is 1. The predicted octanol–water partition coefficient (Wildman–Crippen LogP) is 3.44. The fourth-order valence-corrected chi connectivity index (χ4v) is 2.62. The zero-order valence-electron chi connectivity index (χ0n) is 12.3. The van der Waals surface area contributed by atoms with Crippen molar-refractivity contribution in [3.63, 3.8) is 0 Å². The van der Waals surface area contributed by atoms with Gasteiger partial charge in [0.25, 0.3) is 0 Å². The molecule has 4 heteroatoms. The Hall–Kier alpha value is -1.55. The van der Waals surface area contributed by atoms with Gasteiger partial charge in [-0.1, -0.05) is 25.5 Å². The summed E-state index contributed by atoms with van der Waals surface area (Å²) in [5, 5.41) is 15.2. The smallest absolute Gasteiger partial charge is 0.319 e. The van der Waals surface area contributed by atoms with E-state index in [1.54, 1.807) is 19.1 Å². The minimum absolute atomic E-state index is 0.158. The predicted molar refractivity (Wildman–Crippen MR) is 80.7 cm³/mol. The highest BCUT2D eigenvalue weighted by Crippen LogP contribution is 2.42. The second kappa shape index (κ2) is 6.27. The number of rotatable bonds is 5. The lowest BCUT2D eigenvalue weighted by Gasteiger charge is -2.41. The summed E-state index contributed by atoms with van der Waals surface area (Å²) in [6.07, 6.45) is 4.34. The highest BCUT2D eigenvalue weighted by molar-refractivity contribution is 5.89. The highest BCUT2D eigenvalue weighted by atomic mass is 16.3. The van der Waals surface area contributed by atoms with Crippen molar-refractivity contribution < 1.29 is 9.90 Å². The lowest BCUT2D eigenvalue weighted by Crippen LogP contribution is -2.43. The Labute approximate surface area is 120 Å². The summed E-state index contributed by atoms with van der Waals surface area (Å²) in [4.78, 5) is 11.9. The van der Waals surface area contributed by atoms with Gasteiger partial charge in [-0.2, -0.15) is 0 Å². The summed E-state index contributed by atoms with van der Waals surface area (Å²) in [7, 11) is 0. The monoisotopic (exact) mass is 276 g/mol. The Kier molecular flexibility index (Phi) is 4.65. The molecule has 1 aliphatic carbocycles. The molecule has 0 aromatic heterocycles. The summed E-state index contributed by atoms with van der Waals surface area (Å²) in [5.41, 5.74) is 1.91. The molecular weight excluding hydrogens is 252 g/mol. The number of hydrogen-bond donors (Lipinski definition) is 3. The van der Waals surface area contributed by atoms with Crippen LogP contribution in [0.4, 0.5) is 10.5 Å². The number of hydrogen-bond acceptors (Lipinski definition) is 2. The highest BCUT2D eigenvalue weighted by Gasteiger charge is 2.35. The van der Waals surface area contributed by atoms with Gasteiger partial charge in [-0.15, -0.1) is 0 Å². The molecule has 0 bridgehead atoms. The first-order valence-electron chi connectivity index (χ1n) is 7.37. The molecule has 3 N–H and O–H groups in total. The quantitative estimate of drug-likeness (QED) is 0.771. The van der Waals surface area contributed by atoms with Crippen LogP contribution in [0.15, 0.2) is 24.3 Å². The Bertz CT molecular complexity index is 445. The fraction of sp³-hybridized carbons (Fsp3) is 0.562. The third-order valence-corrected chi connectivity index (χ3v) is 4.44. The van der Waals surface area contributed by atoms with Crippen LogP contribution in [-0.2, 0) is 0 Å². The number of aliphatic hydroxyl groups is 1. The number of aliphatic hydroxyl groups excluding tert-OH is 1. The second-order valence-corrected chi connectivity index (χ2v) is 5.81. The zero-order chi connectivity index (χ0) is 14.6. The van der Waals surface area contributed by atoms with Gasteiger partial charge in [-0.3, -0.25) is 0 Å². The standard InChI is InChI=1S/C16H24N2O2/c1-3-16(9-4-10-16)11-17-15(20)18-14-7-5-13(6-8-14)12(2)19/h5-8,12,19H,3-4,9-11H2,1-2H3,(H2,17,18,20). The Morgan fingerprint density at radius 3 is 2.45 bits per heavy atom. The molecule has 0 radical (unpaired) electrons. The second-order valence-electron chi connectivity index (χ2n) is 5.81. The lowest BCUT2D eigenvalue weighted by molar-refractivity contribution is 0.127. The van der Waals surface area contributed by atoms with Crippen molar-refractivity contribution in [3.8, 4) is 0 Å². The summed E-state index contributed by atoms with van der Waals surface area (Å²) in [6, 6.07) is 7.09. The van der Waals surface area contributed by atoms with Crippen molar-refractivity contribution in [2.45, 2.75) is 45.6 Å². The molecule has 1 aromatic carbocycles. The normalized spacial score (nSPS) is 17.9. The van der Waals surface area contributed by atoms with Crippen LogP contribution < -0.4 is 10.6 Å². The van der Waals surface area contributed by atoms with Gasteiger partial charge in [0.15, 0.2) is 0 Å². The minimum Gasteiger partial charge on any atom is -0.389 e. The van der Waals surface area contributed by atoms with Gasteiger partial charge >= 0.3 is 6.03 Å². The molecule has 1 saturated carbocycles. The summed E-state index contributed by atoms with van der Waals surface area (Å²) in [5.74, 6) is 0. The zero-order valence-corrected chi connectivity index (χ0v) is 12.3. The molecule has 2 rings (SSSR count). The van der Waals surface area contributed by atoms with Gasteiger partial charge < -0.3 is 15.7 Å². The first-order valence-corrected chi connectivity index (χ1v) is 7.37. The van der Waals surface area contributed by atoms with Gasteiger partial charge in [-0.05, 0) is 49.3 Å². The first-order chi connectivity index (χ1) is 9.54. The summed E-state index contributed by atoms with van der Waals surface area (Å²) >= 11 is 0. The van der Waals surface area contributed by atoms with Crippen molar-refractivity contribution in [2.24, 2.45) is 5.41 Å². The molecule has 2 amide bonds. The van der Waals surface area contributed by atoms with E-state index < -0.39 is 6.10 Å². The molecule has 1 aromatic rings. The third-order valence-electron chi connectivity index (χ3n) is 4.44. The topological polar surface area (TPSA) is 61.4 Å². The Morgan fingerprint density at radius 2 is 2.00 bits per heavy atom. The molecule has 4 nitrogen and oxygen atoms in total. The molecule has 0 saturated heterocycles. The first kappa shape index (κ1) is 14.9. The number of carbonyl (C=O) groups excluding carboxylic acids is 1. The van der Waals surface area contributed by atoms with E-state index in [0.717, 1.165) is 24.2 Å². The van der Waals surface area contributed by atoms with Gasteiger partial charge in [0.2, 0.25) is 0 Å². The number of urea groups is 1. The molecule has 0 aliphatic heterocycles. The van der Waals surface area contributed by atoms with E-state index in [4.69, 9.17) is 0 Å². The maximum absolute atomic E-state index is 11.9. The van der Waals surface area contributed by atoms with E-state index >= 15 is 0 Å². The average Bonchev–Trinajstić information content (AvgIpc) is 2.38. The molecule has 1 fully saturated rings. The number of carbonyl (C=O) groups is 1. The van der Waals surface area contributed by atoms with Crippen LogP contribution >= 0.6 is 0 Å². The molecule has 1 unspecified atom stereocenters. The van der Waals surface area contributed by atoms with Crippen molar-refractivity contribution in [3.05, 3.63) is 29.8 Å². The molecule has 0 heterocycles. The van der Waals surface area contributed by atoms with Crippen LogP contribution in [-0.4, -0.2) is 17.7 Å². The maximum Gasteiger partial charge on any atom is 0.319 e. The van der Waals surface area contributed by atoms with Crippen LogP contribution in [0.2, 0.25) is 0 Å². The molecule has 110 valence electrons. The van der Waals surface area contributed by atoms with Crippen molar-refractivity contribution in [2.75, 3.05) is 11.9 Å². The van der Waals surface area contributed by atoms with E-state index in [1.165, 1.54) is 19.3 Å². The van der Waals surface area contributed by atoms with Crippen LogP contribution in [0.3, 0.4) is 0 Å². The maximum atomic E-state index is 11.9. The average molecular weight is 276 g/mol. The van der Waals surface area contributed by atoms with Gasteiger partial charge in [0, 0.05) is 12.2 Å². The van der Waals surface area contributed by atoms with Crippen molar-refractivity contribution in [1.82, 2.24) is 5.32 Å². The molecule has 0 spiro atoms. The fourth-order valence-electron chi connectivity index (χ4n) is 2.62. The van der Waals surface area contributed by atoms with E-state index in [1.807, 2.05) is 12.1 Å². The molecule has 20 heavy (non-hydrogen) atoms. The van der Waals surface area contributed by atoms with Crippen LogP contribution in [0.25, 0.3) is 0 Å². The van der Waals surface area contributed by atoms with Crippen molar-refractivity contribution >= 4 is 11.7 Å². The Balaban J connectivity index is 1.82. The molecule has 1 aliphatic rings. The number of benzene rings is 1. The van der Waals surface area contributed by atoms with Gasteiger partial charge in [-0.25, -0.2) is 4.79 Å². The van der Waals surface area contributed by atoms with Crippen LogP contribution in [0.5, 0.6) is 0 Å². The SMILES string of the molecule is CCC1(CNC(=O)Nc2ccc(C(C)O)cc2)CCC1. The van der Waals surface area contributed by atoms with E-state index in [-0.39, 0.29) is 6.03 Å². The lowest BCUT2D eigenvalue weighted by atomic mass is 9.67. The Morgan fingerprint density at radius 1 is 1.35 bits per heavy atom. The largest absolute Gasteiger partial charge is 0.389 e. The van der Waals surface area contributed by atoms with E-state index in [2.05, 4.69) is 17.6 Å². The third kappa shape index (κ3) is 3.51. The number of amides is 2. The molecule has 1 atom stereocenters. The van der Waals surface area contributed by atoms with Gasteiger partial charge in [0.1, 0.15) is 0 Å². The summed E-state index contributed by atoms with van der Waals surface area (Å²) in [6.45, 7) is 4.66. The number of nitrogens with one attached hydrogen (secondary N) is 2. The minimum atomic E-state index is -0.485. The van der Waals surface area contributed by atoms with Crippen LogP contribution in [0, 0.1) is 5.41 Å². The van der Waals surface area contributed by atoms with Crippen LogP contribution in [0.1, 0.15) is 51.2 Å². The van der Waals surface area contributed by atoms with Gasteiger partial charge in [0.05, 0.1) is 6.10 Å².